The second-order valence-electron chi connectivity index (χ2n) is 3.62. The summed E-state index contributed by atoms with van der Waals surface area (Å²) in [7, 11) is 1.48. The first kappa shape index (κ1) is 14.9. The van der Waals surface area contributed by atoms with Crippen LogP contribution in [0.2, 0.25) is 0 Å². The van der Waals surface area contributed by atoms with Gasteiger partial charge in [-0.05, 0) is 13.0 Å². The van der Waals surface area contributed by atoms with Crippen molar-refractivity contribution in [2.75, 3.05) is 13.7 Å². The van der Waals surface area contributed by atoms with Crippen LogP contribution in [0.5, 0.6) is 5.88 Å². The summed E-state index contributed by atoms with van der Waals surface area (Å²) in [5.74, 6) is -0.949. The zero-order valence-corrected chi connectivity index (χ0v) is 10.9. The van der Waals surface area contributed by atoms with Gasteiger partial charge in [-0.1, -0.05) is 6.07 Å². The lowest BCUT2D eigenvalue weighted by Gasteiger charge is -2.12. The first-order valence-electron chi connectivity index (χ1n) is 5.78. The molecule has 7 nitrogen and oxygen atoms in total. The summed E-state index contributed by atoms with van der Waals surface area (Å²) in [6, 6.07) is 2.14. The van der Waals surface area contributed by atoms with Crippen molar-refractivity contribution in [1.29, 1.82) is 0 Å². The molecule has 7 heteroatoms. The Morgan fingerprint density at radius 1 is 1.53 bits per heavy atom. The van der Waals surface area contributed by atoms with Crippen molar-refractivity contribution in [3.8, 4) is 5.88 Å². The Morgan fingerprint density at radius 2 is 2.26 bits per heavy atom. The van der Waals surface area contributed by atoms with E-state index in [2.05, 4.69) is 15.0 Å². The van der Waals surface area contributed by atoms with E-state index in [9.17, 15) is 9.59 Å². The largest absolute Gasteiger partial charge is 0.481 e. The van der Waals surface area contributed by atoms with Gasteiger partial charge in [0.1, 0.15) is 0 Å². The van der Waals surface area contributed by atoms with Crippen LogP contribution >= 0.6 is 0 Å². The monoisotopic (exact) mass is 267 g/mol. The van der Waals surface area contributed by atoms with Crippen molar-refractivity contribution in [2.24, 2.45) is 5.73 Å². The quantitative estimate of drug-likeness (QED) is 0.537. The van der Waals surface area contributed by atoms with E-state index in [4.69, 9.17) is 10.5 Å². The van der Waals surface area contributed by atoms with Crippen molar-refractivity contribution in [1.82, 2.24) is 10.3 Å². The van der Waals surface area contributed by atoms with Crippen molar-refractivity contribution in [2.45, 2.75) is 19.5 Å². The molecule has 0 aliphatic heterocycles. The van der Waals surface area contributed by atoms with Crippen LogP contribution in [0.15, 0.2) is 18.3 Å². The van der Waals surface area contributed by atoms with Gasteiger partial charge in [0.25, 0.3) is 0 Å². The molecule has 3 N–H and O–H groups in total. The fraction of sp³-hybridized carbons (Fsp3) is 0.417. The zero-order valence-electron chi connectivity index (χ0n) is 10.9. The maximum atomic E-state index is 11.6. The topological polar surface area (TPSA) is 104 Å². The summed E-state index contributed by atoms with van der Waals surface area (Å²) in [5, 5.41) is 2.53. The third-order valence-corrected chi connectivity index (χ3v) is 2.32. The summed E-state index contributed by atoms with van der Waals surface area (Å²) in [4.78, 5) is 26.9. The number of rotatable bonds is 6. The molecule has 0 aliphatic carbocycles. The molecule has 19 heavy (non-hydrogen) atoms. The highest BCUT2D eigenvalue weighted by atomic mass is 16.5. The van der Waals surface area contributed by atoms with Crippen LogP contribution in [-0.4, -0.2) is 36.6 Å². The molecule has 1 amide bonds. The Bertz CT molecular complexity index is 450. The van der Waals surface area contributed by atoms with E-state index >= 15 is 0 Å². The highest BCUT2D eigenvalue weighted by Crippen LogP contribution is 2.12. The minimum Gasteiger partial charge on any atom is -0.481 e. The number of nitrogens with one attached hydrogen (secondary N) is 1. The second kappa shape index (κ2) is 7.32. The standard InChI is InChI=1S/C12H17N3O4/c1-3-19-12(17)9(13)10(16)15-7-8-5-4-6-14-11(8)18-2/h4-6,9H,3,7,13H2,1-2H3,(H,15,16). The number of carbonyl (C=O) groups is 2. The maximum absolute atomic E-state index is 11.6. The van der Waals surface area contributed by atoms with E-state index in [1.807, 2.05) is 0 Å². The predicted molar refractivity (Wildman–Crippen MR) is 67.2 cm³/mol. The molecule has 1 atom stereocenters. The third kappa shape index (κ3) is 4.22. The Kier molecular flexibility index (Phi) is 5.74. The van der Waals surface area contributed by atoms with E-state index < -0.39 is 17.9 Å². The molecule has 104 valence electrons. The number of ether oxygens (including phenoxy) is 2. The Balaban J connectivity index is 2.56. The minimum atomic E-state index is -1.33. The number of hydrogen-bond acceptors (Lipinski definition) is 6. The van der Waals surface area contributed by atoms with Gasteiger partial charge < -0.3 is 20.5 Å². The number of pyridine rings is 1. The van der Waals surface area contributed by atoms with Gasteiger partial charge in [-0.3, -0.25) is 4.79 Å². The molecular weight excluding hydrogens is 250 g/mol. The molecule has 1 unspecified atom stereocenters. The van der Waals surface area contributed by atoms with Crippen LogP contribution in [-0.2, 0) is 20.9 Å². The molecule has 0 aliphatic rings. The van der Waals surface area contributed by atoms with Gasteiger partial charge in [0.15, 0.2) is 6.04 Å². The maximum Gasteiger partial charge on any atom is 0.332 e. The van der Waals surface area contributed by atoms with Crippen LogP contribution in [0, 0.1) is 0 Å². The van der Waals surface area contributed by atoms with E-state index in [-0.39, 0.29) is 13.2 Å². The van der Waals surface area contributed by atoms with Gasteiger partial charge in [-0.15, -0.1) is 0 Å². The number of esters is 1. The van der Waals surface area contributed by atoms with Crippen LogP contribution in [0.3, 0.4) is 0 Å². The molecule has 1 rings (SSSR count). The predicted octanol–water partition coefficient (Wildman–Crippen LogP) is -0.403. The first-order valence-corrected chi connectivity index (χ1v) is 5.78. The van der Waals surface area contributed by atoms with E-state index in [0.717, 1.165) is 0 Å². The number of methoxy groups -OCH3 is 1. The Morgan fingerprint density at radius 3 is 2.89 bits per heavy atom. The number of nitrogens with zero attached hydrogens (tertiary/aromatic N) is 1. The summed E-state index contributed by atoms with van der Waals surface area (Å²) in [5.41, 5.74) is 6.14. The van der Waals surface area contributed by atoms with Crippen molar-refractivity contribution in [3.05, 3.63) is 23.9 Å². The highest BCUT2D eigenvalue weighted by Gasteiger charge is 2.23. The lowest BCUT2D eigenvalue weighted by Crippen LogP contribution is -2.46. The molecule has 1 heterocycles. The van der Waals surface area contributed by atoms with Gasteiger partial charge in [0.05, 0.1) is 13.7 Å². The van der Waals surface area contributed by atoms with Gasteiger partial charge in [-0.25, -0.2) is 9.78 Å². The van der Waals surface area contributed by atoms with E-state index in [0.29, 0.717) is 11.4 Å². The second-order valence-corrected chi connectivity index (χ2v) is 3.62. The van der Waals surface area contributed by atoms with Crippen molar-refractivity contribution in [3.63, 3.8) is 0 Å². The molecule has 0 spiro atoms. The van der Waals surface area contributed by atoms with Crippen molar-refractivity contribution < 1.29 is 19.1 Å². The van der Waals surface area contributed by atoms with Gasteiger partial charge in [0, 0.05) is 18.3 Å². The van der Waals surface area contributed by atoms with E-state index in [1.54, 1.807) is 25.3 Å². The summed E-state index contributed by atoms with van der Waals surface area (Å²) in [6.07, 6.45) is 1.58. The average Bonchev–Trinajstić information content (AvgIpc) is 2.44. The van der Waals surface area contributed by atoms with Gasteiger partial charge in [0.2, 0.25) is 11.8 Å². The SMILES string of the molecule is CCOC(=O)C(N)C(=O)NCc1cccnc1OC. The summed E-state index contributed by atoms with van der Waals surface area (Å²) in [6.45, 7) is 1.99. The molecule has 0 saturated carbocycles. The molecule has 1 aromatic heterocycles. The fourth-order valence-electron chi connectivity index (χ4n) is 1.37. The lowest BCUT2D eigenvalue weighted by atomic mass is 10.2. The molecule has 0 saturated heterocycles. The smallest absolute Gasteiger partial charge is 0.332 e. The first-order chi connectivity index (χ1) is 9.10. The normalized spacial score (nSPS) is 11.5. The highest BCUT2D eigenvalue weighted by molar-refractivity contribution is 6.01. The van der Waals surface area contributed by atoms with Crippen LogP contribution in [0.1, 0.15) is 12.5 Å². The molecule has 0 aromatic carbocycles. The lowest BCUT2D eigenvalue weighted by molar-refractivity contribution is -0.148. The summed E-state index contributed by atoms with van der Waals surface area (Å²) >= 11 is 0. The summed E-state index contributed by atoms with van der Waals surface area (Å²) < 4.78 is 9.70. The van der Waals surface area contributed by atoms with Crippen molar-refractivity contribution >= 4 is 11.9 Å². The third-order valence-electron chi connectivity index (χ3n) is 2.32. The zero-order chi connectivity index (χ0) is 14.3. The number of aromatic nitrogens is 1. The average molecular weight is 267 g/mol. The van der Waals surface area contributed by atoms with Crippen LogP contribution < -0.4 is 15.8 Å². The van der Waals surface area contributed by atoms with E-state index in [1.165, 1.54) is 7.11 Å². The van der Waals surface area contributed by atoms with Crippen LogP contribution in [0.25, 0.3) is 0 Å². The molecular formula is C12H17N3O4. The molecule has 0 bridgehead atoms. The molecule has 0 radical (unpaired) electrons. The molecule has 1 aromatic rings. The minimum absolute atomic E-state index is 0.170. The molecule has 0 fully saturated rings. The van der Waals surface area contributed by atoms with Gasteiger partial charge in [-0.2, -0.15) is 0 Å². The van der Waals surface area contributed by atoms with Crippen LogP contribution in [0.4, 0.5) is 0 Å². The Labute approximate surface area is 111 Å². The number of carbonyl (C=O) groups excluding carboxylic acids is 2. The number of hydrogen-bond donors (Lipinski definition) is 2. The van der Waals surface area contributed by atoms with Gasteiger partial charge >= 0.3 is 5.97 Å². The number of nitrogens with two attached hydrogens (primary N) is 1. The fourth-order valence-corrected chi connectivity index (χ4v) is 1.37. The Hall–Kier alpha value is -2.15. The number of amides is 1.